The second-order valence-corrected chi connectivity index (χ2v) is 16.9. The van der Waals surface area contributed by atoms with Crippen molar-refractivity contribution in [1.82, 2.24) is 16.0 Å². The number of hydrogen-bond acceptors (Lipinski definition) is 12. The van der Waals surface area contributed by atoms with Crippen LogP contribution in [-0.4, -0.2) is 91.1 Å². The number of methoxy groups -OCH3 is 1. The summed E-state index contributed by atoms with van der Waals surface area (Å²) in [6.07, 6.45) is -1.63. The smallest absolute Gasteiger partial charge is 0.408 e. The van der Waals surface area contributed by atoms with Crippen LogP contribution in [0.2, 0.25) is 5.02 Å². The highest BCUT2D eigenvalue weighted by Crippen LogP contribution is 2.32. The van der Waals surface area contributed by atoms with Gasteiger partial charge in [0.2, 0.25) is 11.8 Å². The number of carbonyl (C=O) groups is 6. The minimum absolute atomic E-state index is 0.0698. The third kappa shape index (κ3) is 16.3. The number of alkyl halides is 1. The molecule has 2 aromatic carbocycles. The topological polar surface area (TPSA) is 205 Å². The third-order valence-electron chi connectivity index (χ3n) is 9.21. The highest BCUT2D eigenvalue weighted by molar-refractivity contribution is 6.32. The molecule has 4 N–H and O–H groups in total. The number of carbonyl (C=O) groups excluding carboxylic acids is 6. The normalized spacial score (nSPS) is 21.1. The van der Waals surface area contributed by atoms with Crippen LogP contribution < -0.4 is 20.7 Å². The van der Waals surface area contributed by atoms with Crippen molar-refractivity contribution in [2.75, 3.05) is 20.2 Å². The van der Waals surface area contributed by atoms with Crippen LogP contribution in [0.1, 0.15) is 83.4 Å². The Balaban J connectivity index is 1.80. The van der Waals surface area contributed by atoms with E-state index in [1.165, 1.54) is 26.2 Å². The molecule has 0 fully saturated rings. The molecule has 0 aliphatic carbocycles. The zero-order valence-electron chi connectivity index (χ0n) is 35.3. The van der Waals surface area contributed by atoms with E-state index >= 15 is 0 Å². The molecule has 0 unspecified atom stereocenters. The Morgan fingerprint density at radius 3 is 2.28 bits per heavy atom. The van der Waals surface area contributed by atoms with Gasteiger partial charge in [0.15, 0.2) is 6.10 Å². The third-order valence-corrected chi connectivity index (χ3v) is 10.0. The van der Waals surface area contributed by atoms with Crippen LogP contribution in [0.4, 0.5) is 4.79 Å². The molecule has 0 spiro atoms. The maximum absolute atomic E-state index is 13.7. The number of amides is 3. The summed E-state index contributed by atoms with van der Waals surface area (Å²) in [4.78, 5) is 77.6. The SMILES string of the molecule is COc1ccc(C[C@H]2NC(=O)CC=C[C@@H]([C@H](C)[C@@H](O)[C@@H](Cl)c3ccc(COC(=O)CNC(=O)OC(C)(C)C)cc3)OC(=O)[C@H](CC(C)C)OC(=O)[C@H](C)CNC2=O)cc1Cl. The zero-order chi connectivity index (χ0) is 44.7. The number of halogens is 2. The van der Waals surface area contributed by atoms with Gasteiger partial charge in [-0.1, -0.05) is 75.7 Å². The Bertz CT molecular complexity index is 1830. The van der Waals surface area contributed by atoms with Crippen molar-refractivity contribution in [3.8, 4) is 5.75 Å². The summed E-state index contributed by atoms with van der Waals surface area (Å²) in [7, 11) is 1.48. The fraction of sp³-hybridized carbons (Fsp3) is 0.535. The van der Waals surface area contributed by atoms with E-state index < -0.39 is 83.0 Å². The van der Waals surface area contributed by atoms with Crippen molar-refractivity contribution >= 4 is 59.0 Å². The van der Waals surface area contributed by atoms with E-state index in [0.717, 1.165) is 0 Å². The van der Waals surface area contributed by atoms with Gasteiger partial charge in [-0.25, -0.2) is 9.59 Å². The summed E-state index contributed by atoms with van der Waals surface area (Å²) >= 11 is 13.1. The monoisotopic (exact) mass is 877 g/mol. The van der Waals surface area contributed by atoms with Crippen molar-refractivity contribution in [3.05, 3.63) is 76.3 Å². The van der Waals surface area contributed by atoms with Crippen LogP contribution in [0.15, 0.2) is 54.6 Å². The number of rotatable bonds is 13. The van der Waals surface area contributed by atoms with Gasteiger partial charge in [-0.2, -0.15) is 0 Å². The van der Waals surface area contributed by atoms with Crippen molar-refractivity contribution in [3.63, 3.8) is 0 Å². The standard InChI is InChI=1S/C43H57Cl2N3O12/c1-24(2)18-34-41(54)58-32(26(4)38(51)37(45)29-15-12-27(13-16-29)23-57-36(50)22-47-42(55)60-43(5,6)7)10-9-11-35(49)48-31(39(52)46-21-25(3)40(53)59-34)20-28-14-17-33(56-8)30(44)19-28/h9-10,12-17,19,24-26,31-32,34,37-38,51H,11,18,20-23H2,1-8H3,(H,46,52)(H,47,55)(H,48,49)/t25-,26+,31-,32+,34+,37+,38-/m1/s1. The first-order chi connectivity index (χ1) is 28.2. The number of esters is 3. The van der Waals surface area contributed by atoms with Crippen LogP contribution >= 0.6 is 23.2 Å². The lowest BCUT2D eigenvalue weighted by atomic mass is 9.91. The molecular weight excluding hydrogens is 821 g/mol. The van der Waals surface area contributed by atoms with Crippen LogP contribution in [0.5, 0.6) is 5.75 Å². The average molecular weight is 879 g/mol. The lowest BCUT2D eigenvalue weighted by molar-refractivity contribution is -0.175. The number of nitrogens with one attached hydrogen (secondary N) is 3. The molecule has 7 atom stereocenters. The van der Waals surface area contributed by atoms with Gasteiger partial charge in [0.05, 0.1) is 29.5 Å². The van der Waals surface area contributed by atoms with Gasteiger partial charge >= 0.3 is 24.0 Å². The van der Waals surface area contributed by atoms with E-state index in [4.69, 9.17) is 46.9 Å². The quantitative estimate of drug-likeness (QED) is 0.0853. The molecule has 0 saturated heterocycles. The van der Waals surface area contributed by atoms with Gasteiger partial charge in [-0.15, -0.1) is 11.6 Å². The summed E-state index contributed by atoms with van der Waals surface area (Å²) in [5.41, 5.74) is 1.03. The number of cyclic esters (lactones) is 2. The Morgan fingerprint density at radius 1 is 1.00 bits per heavy atom. The first-order valence-corrected chi connectivity index (χ1v) is 20.5. The zero-order valence-corrected chi connectivity index (χ0v) is 36.8. The van der Waals surface area contributed by atoms with E-state index in [1.807, 2.05) is 13.8 Å². The summed E-state index contributed by atoms with van der Waals surface area (Å²) in [5, 5.41) is 18.6. The average Bonchev–Trinajstić information content (AvgIpc) is 3.18. The van der Waals surface area contributed by atoms with E-state index in [0.29, 0.717) is 27.5 Å². The molecule has 3 rings (SSSR count). The van der Waals surface area contributed by atoms with Crippen molar-refractivity contribution in [2.24, 2.45) is 17.8 Å². The molecule has 0 saturated carbocycles. The first kappa shape index (κ1) is 49.5. The lowest BCUT2D eigenvalue weighted by Gasteiger charge is -2.30. The summed E-state index contributed by atoms with van der Waals surface area (Å²) < 4.78 is 27.1. The van der Waals surface area contributed by atoms with E-state index in [-0.39, 0.29) is 44.9 Å². The molecule has 15 nitrogen and oxygen atoms in total. The minimum atomic E-state index is -1.31. The largest absolute Gasteiger partial charge is 0.495 e. The molecule has 1 heterocycles. The van der Waals surface area contributed by atoms with E-state index in [1.54, 1.807) is 70.2 Å². The van der Waals surface area contributed by atoms with E-state index in [9.17, 15) is 33.9 Å². The van der Waals surface area contributed by atoms with Gasteiger partial charge < -0.3 is 44.7 Å². The van der Waals surface area contributed by atoms with Gasteiger partial charge in [0.25, 0.3) is 0 Å². The molecule has 1 aliphatic heterocycles. The predicted octanol–water partition coefficient (Wildman–Crippen LogP) is 5.50. The van der Waals surface area contributed by atoms with Crippen LogP contribution in [0, 0.1) is 17.8 Å². The van der Waals surface area contributed by atoms with Crippen molar-refractivity contribution in [1.29, 1.82) is 0 Å². The maximum atomic E-state index is 13.7. The number of hydrogen-bond donors (Lipinski definition) is 4. The number of ether oxygens (including phenoxy) is 5. The van der Waals surface area contributed by atoms with Crippen molar-refractivity contribution in [2.45, 2.75) is 110 Å². The molecule has 0 radical (unpaired) electrons. The van der Waals surface area contributed by atoms with Crippen LogP contribution in [-0.2, 0) is 55.9 Å². The second-order valence-electron chi connectivity index (χ2n) is 16.0. The molecule has 0 aromatic heterocycles. The van der Waals surface area contributed by atoms with Crippen molar-refractivity contribution < 1.29 is 57.6 Å². The Labute approximate surface area is 361 Å². The second kappa shape index (κ2) is 23.2. The molecular formula is C43H57Cl2N3O12. The highest BCUT2D eigenvalue weighted by atomic mass is 35.5. The van der Waals surface area contributed by atoms with Gasteiger partial charge in [0.1, 0.15) is 36.6 Å². The number of aliphatic hydroxyl groups excluding tert-OH is 1. The lowest BCUT2D eigenvalue weighted by Crippen LogP contribution is -2.49. The predicted molar refractivity (Wildman–Crippen MR) is 223 cm³/mol. The first-order valence-electron chi connectivity index (χ1n) is 19.7. The summed E-state index contributed by atoms with van der Waals surface area (Å²) in [5.74, 6) is -4.73. The number of alkyl carbamates (subject to hydrolysis) is 1. The molecule has 1 aliphatic rings. The van der Waals surface area contributed by atoms with Gasteiger partial charge in [-0.3, -0.25) is 19.2 Å². The summed E-state index contributed by atoms with van der Waals surface area (Å²) in [6.45, 7) is 11.3. The Kier molecular flexibility index (Phi) is 19.2. The van der Waals surface area contributed by atoms with Gasteiger partial charge in [-0.05, 0) is 68.0 Å². The number of benzene rings is 2. The molecule has 330 valence electrons. The molecule has 3 amide bonds. The molecule has 0 bridgehead atoms. The summed E-state index contributed by atoms with van der Waals surface area (Å²) in [6, 6.07) is 10.6. The van der Waals surface area contributed by atoms with Crippen LogP contribution in [0.3, 0.4) is 0 Å². The minimum Gasteiger partial charge on any atom is -0.495 e. The van der Waals surface area contributed by atoms with Gasteiger partial charge in [0, 0.05) is 25.3 Å². The molecule has 17 heteroatoms. The highest BCUT2D eigenvalue weighted by Gasteiger charge is 2.35. The number of aliphatic hydroxyl groups is 1. The van der Waals surface area contributed by atoms with E-state index in [2.05, 4.69) is 16.0 Å². The maximum Gasteiger partial charge on any atom is 0.408 e. The Morgan fingerprint density at radius 2 is 1.67 bits per heavy atom. The molecule has 2 aromatic rings. The fourth-order valence-corrected chi connectivity index (χ4v) is 6.50. The fourth-order valence-electron chi connectivity index (χ4n) is 5.84. The Hall–Kier alpha value is -4.86. The van der Waals surface area contributed by atoms with Crippen LogP contribution in [0.25, 0.3) is 0 Å². The molecule has 60 heavy (non-hydrogen) atoms.